The van der Waals surface area contributed by atoms with E-state index >= 15 is 0 Å². The molecule has 0 aliphatic rings. The Morgan fingerprint density at radius 2 is 1.54 bits per heavy atom. The summed E-state index contributed by atoms with van der Waals surface area (Å²) in [6.45, 7) is 5.40. The number of hydrogen-bond donors (Lipinski definition) is 0. The number of furan rings is 1. The van der Waals surface area contributed by atoms with Crippen molar-refractivity contribution in [2.75, 3.05) is 4.90 Å². The highest BCUT2D eigenvalue weighted by Crippen LogP contribution is 2.32. The Kier molecular flexibility index (Phi) is 8.20. The van der Waals surface area contributed by atoms with Gasteiger partial charge in [-0.05, 0) is 80.9 Å². The van der Waals surface area contributed by atoms with Crippen LogP contribution in [0.5, 0.6) is 0 Å². The molecule has 0 N–H and O–H groups in total. The molecule has 0 radical (unpaired) electrons. The van der Waals surface area contributed by atoms with Crippen LogP contribution in [0.2, 0.25) is 10.0 Å². The highest BCUT2D eigenvalue weighted by atomic mass is 35.5. The second-order valence-electron chi connectivity index (χ2n) is 10.7. The first-order valence-electron chi connectivity index (χ1n) is 13.2. The van der Waals surface area contributed by atoms with Crippen LogP contribution in [0.25, 0.3) is 22.3 Å². The molecule has 4 aromatic carbocycles. The molecule has 0 aliphatic carbocycles. The topological polar surface area (TPSA) is 59.8 Å². The van der Waals surface area contributed by atoms with E-state index in [1.807, 2.05) is 72.8 Å². The van der Waals surface area contributed by atoms with Crippen molar-refractivity contribution in [1.82, 2.24) is 0 Å². The summed E-state index contributed by atoms with van der Waals surface area (Å²) >= 11 is 12.6. The van der Waals surface area contributed by atoms with Crippen molar-refractivity contribution in [1.29, 1.82) is 0 Å². The maximum Gasteiger partial charge on any atom is 0.330 e. The molecule has 5 rings (SSSR count). The van der Waals surface area contributed by atoms with Crippen molar-refractivity contribution in [3.63, 3.8) is 0 Å². The van der Waals surface area contributed by atoms with E-state index in [0.717, 1.165) is 22.1 Å². The number of fused-ring (bicyclic) bond motifs is 1. The molecule has 0 saturated heterocycles. The van der Waals surface area contributed by atoms with Crippen LogP contribution >= 0.6 is 23.2 Å². The number of hydrogen-bond acceptors (Lipinski definition) is 4. The zero-order chi connectivity index (χ0) is 29.1. The maximum absolute atomic E-state index is 14.2. The molecule has 0 aliphatic heterocycles. The molecular weight excluding hydrogens is 557 g/mol. The molecule has 0 spiro atoms. The molecule has 1 aromatic heterocycles. The quantitative estimate of drug-likeness (QED) is 0.179. The van der Waals surface area contributed by atoms with Gasteiger partial charge >= 0.3 is 5.97 Å². The number of anilines is 1. The van der Waals surface area contributed by atoms with E-state index in [9.17, 15) is 9.59 Å². The van der Waals surface area contributed by atoms with Crippen LogP contribution in [0.4, 0.5) is 5.69 Å². The molecule has 1 amide bonds. The Hall–Kier alpha value is -4.06. The van der Waals surface area contributed by atoms with Crippen LogP contribution in [-0.4, -0.2) is 23.5 Å². The van der Waals surface area contributed by atoms with Gasteiger partial charge in [0.2, 0.25) is 0 Å². The Morgan fingerprint density at radius 3 is 2.20 bits per heavy atom. The van der Waals surface area contributed by atoms with Crippen molar-refractivity contribution in [2.45, 2.75) is 38.8 Å². The fraction of sp³-hybridized carbons (Fsp3) is 0.176. The van der Waals surface area contributed by atoms with Crippen LogP contribution in [-0.2, 0) is 16.0 Å². The van der Waals surface area contributed by atoms with Gasteiger partial charge in [-0.15, -0.1) is 0 Å². The standard InChI is InChI=1S/C34H29Cl2NO4/c1-34(2,3)41-33(39)29(19-22-9-5-4-6-10-22)37(32(38)27-18-15-25(35)21-28(27)36)26-16-13-23(14-17-26)31-20-24-11-7-8-12-30(24)40-31/h4-18,20-21,29H,19H2,1-3H3. The SMILES string of the molecule is CC(C)(C)OC(=O)C(Cc1ccccc1)N(C(=O)c1ccc(Cl)cc1Cl)c1ccc(-c2cc3ccccc3o2)cc1. The number of carbonyl (C=O) groups excluding carboxylic acids is 2. The largest absolute Gasteiger partial charge is 0.458 e. The number of halogens is 2. The number of carbonyl (C=O) groups is 2. The average Bonchev–Trinajstić information content (AvgIpc) is 3.37. The third-order valence-corrected chi connectivity index (χ3v) is 7.05. The van der Waals surface area contributed by atoms with E-state index in [1.54, 1.807) is 45.0 Å². The number of benzene rings is 4. The molecule has 41 heavy (non-hydrogen) atoms. The molecule has 1 atom stereocenters. The minimum Gasteiger partial charge on any atom is -0.458 e. The fourth-order valence-corrected chi connectivity index (χ4v) is 5.12. The predicted octanol–water partition coefficient (Wildman–Crippen LogP) is 9.01. The second-order valence-corrected chi connectivity index (χ2v) is 11.6. The summed E-state index contributed by atoms with van der Waals surface area (Å²) in [5.41, 5.74) is 2.46. The molecular formula is C34H29Cl2NO4. The molecule has 208 valence electrons. The minimum atomic E-state index is -0.979. The van der Waals surface area contributed by atoms with Gasteiger partial charge in [-0.25, -0.2) is 4.79 Å². The van der Waals surface area contributed by atoms with Gasteiger partial charge in [0, 0.05) is 28.1 Å². The van der Waals surface area contributed by atoms with E-state index in [4.69, 9.17) is 32.4 Å². The van der Waals surface area contributed by atoms with Crippen molar-refractivity contribution in [3.8, 4) is 11.3 Å². The van der Waals surface area contributed by atoms with Crippen LogP contribution < -0.4 is 4.90 Å². The summed E-state index contributed by atoms with van der Waals surface area (Å²) in [6.07, 6.45) is 0.234. The van der Waals surface area contributed by atoms with Gasteiger partial charge in [-0.2, -0.15) is 0 Å². The van der Waals surface area contributed by atoms with Gasteiger partial charge in [-0.1, -0.05) is 71.7 Å². The van der Waals surface area contributed by atoms with Gasteiger partial charge in [0.25, 0.3) is 5.91 Å². The molecule has 0 fully saturated rings. The lowest BCUT2D eigenvalue weighted by Crippen LogP contribution is -2.49. The second kappa shape index (κ2) is 11.8. The maximum atomic E-state index is 14.2. The summed E-state index contributed by atoms with van der Waals surface area (Å²) < 4.78 is 11.9. The normalized spacial score (nSPS) is 12.2. The number of para-hydroxylation sites is 1. The van der Waals surface area contributed by atoms with Crippen molar-refractivity contribution in [2.24, 2.45) is 0 Å². The summed E-state index contributed by atoms with van der Waals surface area (Å²) in [5, 5.41) is 1.59. The minimum absolute atomic E-state index is 0.189. The molecule has 0 saturated carbocycles. The summed E-state index contributed by atoms with van der Waals surface area (Å²) in [5.74, 6) is -0.277. The van der Waals surface area contributed by atoms with Crippen molar-refractivity contribution in [3.05, 3.63) is 124 Å². The van der Waals surface area contributed by atoms with Gasteiger partial charge in [-0.3, -0.25) is 9.69 Å². The number of esters is 1. The Balaban J connectivity index is 1.60. The van der Waals surface area contributed by atoms with Gasteiger partial charge in [0.15, 0.2) is 0 Å². The third-order valence-electron chi connectivity index (χ3n) is 6.50. The van der Waals surface area contributed by atoms with Gasteiger partial charge < -0.3 is 9.15 Å². The van der Waals surface area contributed by atoms with Crippen LogP contribution in [0.1, 0.15) is 36.7 Å². The zero-order valence-electron chi connectivity index (χ0n) is 22.9. The van der Waals surface area contributed by atoms with Crippen LogP contribution in [0, 0.1) is 0 Å². The summed E-state index contributed by atoms with van der Waals surface area (Å²) in [7, 11) is 0. The van der Waals surface area contributed by atoms with Crippen LogP contribution in [0.3, 0.4) is 0 Å². The molecule has 5 nitrogen and oxygen atoms in total. The predicted molar refractivity (Wildman–Crippen MR) is 165 cm³/mol. The summed E-state index contributed by atoms with van der Waals surface area (Å²) in [6, 6.07) is 30.3. The van der Waals surface area contributed by atoms with Gasteiger partial charge in [0.05, 0.1) is 10.6 Å². The fourth-order valence-electron chi connectivity index (χ4n) is 4.63. The Bertz CT molecular complexity index is 1650. The number of ether oxygens (including phenoxy) is 1. The average molecular weight is 587 g/mol. The number of rotatable bonds is 7. The lowest BCUT2D eigenvalue weighted by Gasteiger charge is -2.33. The lowest BCUT2D eigenvalue weighted by molar-refractivity contribution is -0.156. The van der Waals surface area contributed by atoms with Crippen LogP contribution in [0.15, 0.2) is 108 Å². The monoisotopic (exact) mass is 585 g/mol. The Labute approximate surface area is 249 Å². The molecule has 0 bridgehead atoms. The smallest absolute Gasteiger partial charge is 0.330 e. The molecule has 1 unspecified atom stereocenters. The number of nitrogens with zero attached hydrogens (tertiary/aromatic N) is 1. The first-order chi connectivity index (χ1) is 19.6. The Morgan fingerprint density at radius 1 is 0.854 bits per heavy atom. The third kappa shape index (κ3) is 6.64. The first kappa shape index (κ1) is 28.5. The number of amides is 1. The van der Waals surface area contributed by atoms with E-state index < -0.39 is 23.5 Å². The molecule has 5 aromatic rings. The van der Waals surface area contributed by atoms with E-state index in [2.05, 4.69) is 0 Å². The van der Waals surface area contributed by atoms with Crippen molar-refractivity contribution < 1.29 is 18.7 Å². The zero-order valence-corrected chi connectivity index (χ0v) is 24.4. The van der Waals surface area contributed by atoms with E-state index in [-0.39, 0.29) is 17.0 Å². The lowest BCUT2D eigenvalue weighted by atomic mass is 10.0. The van der Waals surface area contributed by atoms with E-state index in [1.165, 1.54) is 11.0 Å². The van der Waals surface area contributed by atoms with Crippen molar-refractivity contribution >= 4 is 51.7 Å². The van der Waals surface area contributed by atoms with E-state index in [0.29, 0.717) is 16.5 Å². The summed E-state index contributed by atoms with van der Waals surface area (Å²) in [4.78, 5) is 29.4. The van der Waals surface area contributed by atoms with Gasteiger partial charge in [0.1, 0.15) is 23.0 Å². The molecule has 1 heterocycles. The molecule has 7 heteroatoms. The highest BCUT2D eigenvalue weighted by molar-refractivity contribution is 6.37. The first-order valence-corrected chi connectivity index (χ1v) is 14.0. The highest BCUT2D eigenvalue weighted by Gasteiger charge is 2.36.